The van der Waals surface area contributed by atoms with Crippen LogP contribution in [0.4, 0.5) is 11.4 Å². The number of nitro benzene ring substituents is 1. The van der Waals surface area contributed by atoms with E-state index in [0.29, 0.717) is 11.4 Å². The number of anilines is 1. The molecule has 1 aromatic carbocycles. The van der Waals surface area contributed by atoms with Gasteiger partial charge in [-0.3, -0.25) is 14.9 Å². The minimum Gasteiger partial charge on any atom is -0.495 e. The number of carbonyl (C=O) groups excluding carboxylic acids is 1. The lowest BCUT2D eigenvalue weighted by Crippen LogP contribution is -2.15. The summed E-state index contributed by atoms with van der Waals surface area (Å²) >= 11 is 0. The van der Waals surface area contributed by atoms with E-state index < -0.39 is 4.92 Å². The number of aryl methyl sites for hydroxylation is 1. The summed E-state index contributed by atoms with van der Waals surface area (Å²) in [6.45, 7) is 1.97. The number of pyridine rings is 1. The SMILES string of the molecule is COc1ccc([N+](=O)[O-])cc1NC(=O)Cc1cn2ccc(C)cc2n1. The topological polar surface area (TPSA) is 98.8 Å². The van der Waals surface area contributed by atoms with Gasteiger partial charge >= 0.3 is 0 Å². The Bertz CT molecular complexity index is 964. The van der Waals surface area contributed by atoms with Crippen LogP contribution in [0.2, 0.25) is 0 Å². The van der Waals surface area contributed by atoms with Gasteiger partial charge in [-0.05, 0) is 30.7 Å². The van der Waals surface area contributed by atoms with E-state index in [9.17, 15) is 14.9 Å². The van der Waals surface area contributed by atoms with Crippen LogP contribution in [0.3, 0.4) is 0 Å². The first-order chi connectivity index (χ1) is 12.0. The van der Waals surface area contributed by atoms with E-state index >= 15 is 0 Å². The molecule has 25 heavy (non-hydrogen) atoms. The van der Waals surface area contributed by atoms with E-state index in [0.717, 1.165) is 11.2 Å². The Morgan fingerprint density at radius 1 is 1.36 bits per heavy atom. The molecule has 1 amide bonds. The third kappa shape index (κ3) is 3.57. The molecule has 0 aliphatic rings. The Hall–Kier alpha value is -3.42. The minimum atomic E-state index is -0.528. The second-order valence-electron chi connectivity index (χ2n) is 5.57. The molecule has 0 fully saturated rings. The Labute approximate surface area is 143 Å². The van der Waals surface area contributed by atoms with Crippen molar-refractivity contribution in [2.45, 2.75) is 13.3 Å². The van der Waals surface area contributed by atoms with Crippen LogP contribution in [-0.4, -0.2) is 27.3 Å². The van der Waals surface area contributed by atoms with Crippen molar-refractivity contribution in [1.29, 1.82) is 0 Å². The fourth-order valence-electron chi connectivity index (χ4n) is 2.49. The van der Waals surface area contributed by atoms with Crippen molar-refractivity contribution in [3.63, 3.8) is 0 Å². The van der Waals surface area contributed by atoms with Gasteiger partial charge in [0.05, 0.1) is 29.8 Å². The van der Waals surface area contributed by atoms with Crippen LogP contribution in [0.5, 0.6) is 5.75 Å². The maximum absolute atomic E-state index is 12.3. The lowest BCUT2D eigenvalue weighted by Gasteiger charge is -2.09. The smallest absolute Gasteiger partial charge is 0.271 e. The van der Waals surface area contributed by atoms with Crippen molar-refractivity contribution >= 4 is 22.9 Å². The van der Waals surface area contributed by atoms with Crippen molar-refractivity contribution < 1.29 is 14.5 Å². The summed E-state index contributed by atoms with van der Waals surface area (Å²) < 4.78 is 6.97. The third-order valence-corrected chi connectivity index (χ3v) is 3.68. The number of nitrogens with one attached hydrogen (secondary N) is 1. The number of benzene rings is 1. The number of rotatable bonds is 5. The van der Waals surface area contributed by atoms with Crippen LogP contribution in [-0.2, 0) is 11.2 Å². The van der Waals surface area contributed by atoms with Crippen molar-refractivity contribution in [3.8, 4) is 5.75 Å². The number of aromatic nitrogens is 2. The molecule has 128 valence electrons. The monoisotopic (exact) mass is 340 g/mol. The van der Waals surface area contributed by atoms with Crippen molar-refractivity contribution in [2.75, 3.05) is 12.4 Å². The van der Waals surface area contributed by atoms with Crippen LogP contribution in [0.15, 0.2) is 42.7 Å². The fourth-order valence-corrected chi connectivity index (χ4v) is 2.49. The van der Waals surface area contributed by atoms with Gasteiger partial charge in [-0.25, -0.2) is 4.98 Å². The summed E-state index contributed by atoms with van der Waals surface area (Å²) in [6.07, 6.45) is 3.70. The lowest BCUT2D eigenvalue weighted by atomic mass is 10.2. The summed E-state index contributed by atoms with van der Waals surface area (Å²) in [5.41, 5.74) is 2.57. The second kappa shape index (κ2) is 6.60. The summed E-state index contributed by atoms with van der Waals surface area (Å²) in [7, 11) is 1.43. The van der Waals surface area contributed by atoms with Crippen LogP contribution in [0.25, 0.3) is 5.65 Å². The summed E-state index contributed by atoms with van der Waals surface area (Å²) in [4.78, 5) is 27.1. The minimum absolute atomic E-state index is 0.0482. The molecular weight excluding hydrogens is 324 g/mol. The number of nitro groups is 1. The average Bonchev–Trinajstić information content (AvgIpc) is 2.95. The highest BCUT2D eigenvalue weighted by atomic mass is 16.6. The Morgan fingerprint density at radius 2 is 2.16 bits per heavy atom. The maximum Gasteiger partial charge on any atom is 0.271 e. The number of amides is 1. The quantitative estimate of drug-likeness (QED) is 0.569. The van der Waals surface area contributed by atoms with Gasteiger partial charge in [0.25, 0.3) is 5.69 Å². The predicted octanol–water partition coefficient (Wildman–Crippen LogP) is 2.74. The lowest BCUT2D eigenvalue weighted by molar-refractivity contribution is -0.384. The molecule has 8 nitrogen and oxygen atoms in total. The molecule has 0 radical (unpaired) electrons. The fraction of sp³-hybridized carbons (Fsp3) is 0.176. The molecule has 0 atom stereocenters. The number of fused-ring (bicyclic) bond motifs is 1. The van der Waals surface area contributed by atoms with Crippen molar-refractivity contribution in [1.82, 2.24) is 9.38 Å². The summed E-state index contributed by atoms with van der Waals surface area (Å²) in [6, 6.07) is 7.90. The van der Waals surface area contributed by atoms with Gasteiger partial charge in [0.15, 0.2) is 0 Å². The zero-order chi connectivity index (χ0) is 18.0. The van der Waals surface area contributed by atoms with E-state index in [1.807, 2.05) is 29.7 Å². The van der Waals surface area contributed by atoms with Gasteiger partial charge < -0.3 is 14.5 Å². The van der Waals surface area contributed by atoms with Gasteiger partial charge in [-0.1, -0.05) is 0 Å². The molecule has 0 unspecified atom stereocenters. The van der Waals surface area contributed by atoms with Crippen LogP contribution >= 0.6 is 0 Å². The molecule has 1 N–H and O–H groups in total. The van der Waals surface area contributed by atoms with Crippen molar-refractivity contribution in [2.24, 2.45) is 0 Å². The summed E-state index contributed by atoms with van der Waals surface area (Å²) in [5, 5.41) is 13.5. The van der Waals surface area contributed by atoms with Gasteiger partial charge in [0.2, 0.25) is 5.91 Å². The molecule has 0 spiro atoms. The first kappa shape index (κ1) is 16.4. The van der Waals surface area contributed by atoms with Crippen LogP contribution in [0.1, 0.15) is 11.3 Å². The Morgan fingerprint density at radius 3 is 2.88 bits per heavy atom. The highest BCUT2D eigenvalue weighted by molar-refractivity contribution is 5.94. The van der Waals surface area contributed by atoms with E-state index in [4.69, 9.17) is 4.74 Å². The molecule has 0 aliphatic carbocycles. The highest BCUT2D eigenvalue weighted by Gasteiger charge is 2.15. The first-order valence-corrected chi connectivity index (χ1v) is 7.53. The summed E-state index contributed by atoms with van der Waals surface area (Å²) in [5.74, 6) is 0.0171. The van der Waals surface area contributed by atoms with Gasteiger partial charge in [0.1, 0.15) is 11.4 Å². The second-order valence-corrected chi connectivity index (χ2v) is 5.57. The van der Waals surface area contributed by atoms with Crippen LogP contribution < -0.4 is 10.1 Å². The van der Waals surface area contributed by atoms with Gasteiger partial charge in [-0.15, -0.1) is 0 Å². The number of nitrogens with zero attached hydrogens (tertiary/aromatic N) is 3. The standard InChI is InChI=1S/C17H16N4O4/c1-11-5-6-20-10-12(18-16(20)7-11)8-17(22)19-14-9-13(21(23)24)3-4-15(14)25-2/h3-7,9-10H,8H2,1-2H3,(H,19,22). The van der Waals surface area contributed by atoms with E-state index in [1.54, 1.807) is 6.20 Å². The molecule has 0 bridgehead atoms. The van der Waals surface area contributed by atoms with Gasteiger partial charge in [0, 0.05) is 24.5 Å². The normalized spacial score (nSPS) is 10.6. The Balaban J connectivity index is 1.79. The molecule has 0 saturated heterocycles. The number of methoxy groups -OCH3 is 1. The van der Waals surface area contributed by atoms with Crippen molar-refractivity contribution in [3.05, 3.63) is 64.1 Å². The molecule has 3 aromatic rings. The number of hydrogen-bond acceptors (Lipinski definition) is 5. The molecule has 0 aliphatic heterocycles. The highest BCUT2D eigenvalue weighted by Crippen LogP contribution is 2.28. The van der Waals surface area contributed by atoms with E-state index in [2.05, 4.69) is 10.3 Å². The zero-order valence-corrected chi connectivity index (χ0v) is 13.7. The average molecular weight is 340 g/mol. The number of carbonyl (C=O) groups is 1. The molecular formula is C17H16N4O4. The maximum atomic E-state index is 12.3. The molecule has 8 heteroatoms. The van der Waals surface area contributed by atoms with E-state index in [1.165, 1.54) is 25.3 Å². The molecule has 0 saturated carbocycles. The zero-order valence-electron chi connectivity index (χ0n) is 13.7. The first-order valence-electron chi connectivity index (χ1n) is 7.53. The predicted molar refractivity (Wildman–Crippen MR) is 91.9 cm³/mol. The van der Waals surface area contributed by atoms with Crippen LogP contribution in [0, 0.1) is 17.0 Å². The number of hydrogen-bond donors (Lipinski definition) is 1. The molecule has 2 heterocycles. The van der Waals surface area contributed by atoms with Gasteiger partial charge in [-0.2, -0.15) is 0 Å². The number of ether oxygens (including phenoxy) is 1. The molecule has 2 aromatic heterocycles. The third-order valence-electron chi connectivity index (χ3n) is 3.68. The number of non-ortho nitro benzene ring substituents is 1. The van der Waals surface area contributed by atoms with E-state index in [-0.39, 0.29) is 23.7 Å². The largest absolute Gasteiger partial charge is 0.495 e. The number of imidazole rings is 1. The molecule has 3 rings (SSSR count). The Kier molecular flexibility index (Phi) is 4.34.